The van der Waals surface area contributed by atoms with Crippen LogP contribution in [0.2, 0.25) is 0 Å². The predicted molar refractivity (Wildman–Crippen MR) is 81.3 cm³/mol. The SMILES string of the molecule is O=C(O)C1CSC(C2CC2)N1C(=O)NCCN1CCCC1. The maximum atomic E-state index is 12.4. The molecule has 2 heterocycles. The van der Waals surface area contributed by atoms with E-state index >= 15 is 0 Å². The molecule has 3 aliphatic rings. The van der Waals surface area contributed by atoms with Crippen molar-refractivity contribution in [3.63, 3.8) is 0 Å². The molecule has 0 aromatic heterocycles. The van der Waals surface area contributed by atoms with E-state index in [0.717, 1.165) is 32.5 Å². The highest BCUT2D eigenvalue weighted by Gasteiger charge is 2.48. The number of nitrogens with zero attached hydrogens (tertiary/aromatic N) is 2. The lowest BCUT2D eigenvalue weighted by Crippen LogP contribution is -2.51. The Labute approximate surface area is 129 Å². The third-order valence-corrected chi connectivity index (χ3v) is 5.94. The Morgan fingerprint density at radius 3 is 2.57 bits per heavy atom. The van der Waals surface area contributed by atoms with Crippen LogP contribution in [0.4, 0.5) is 4.79 Å². The standard InChI is InChI=1S/C14H23N3O3S/c18-13(19)11-9-21-12(10-3-4-10)17(11)14(20)15-5-8-16-6-1-2-7-16/h10-12H,1-9H2,(H,15,20)(H,18,19). The van der Waals surface area contributed by atoms with Gasteiger partial charge in [0.2, 0.25) is 0 Å². The van der Waals surface area contributed by atoms with Crippen LogP contribution in [0.15, 0.2) is 0 Å². The number of urea groups is 1. The molecule has 0 bridgehead atoms. The lowest BCUT2D eigenvalue weighted by Gasteiger charge is -2.28. The number of hydrogen-bond acceptors (Lipinski definition) is 4. The Bertz CT molecular complexity index is 410. The Balaban J connectivity index is 1.53. The summed E-state index contributed by atoms with van der Waals surface area (Å²) in [7, 11) is 0. The van der Waals surface area contributed by atoms with Crippen LogP contribution in [0.3, 0.4) is 0 Å². The van der Waals surface area contributed by atoms with Gasteiger partial charge in [0.25, 0.3) is 0 Å². The van der Waals surface area contributed by atoms with Crippen LogP contribution in [0, 0.1) is 5.92 Å². The van der Waals surface area contributed by atoms with Gasteiger partial charge >= 0.3 is 12.0 Å². The summed E-state index contributed by atoms with van der Waals surface area (Å²) in [5.41, 5.74) is 0. The van der Waals surface area contributed by atoms with Gasteiger partial charge < -0.3 is 15.3 Å². The molecule has 2 aliphatic heterocycles. The Morgan fingerprint density at radius 1 is 1.24 bits per heavy atom. The second kappa shape index (κ2) is 6.44. The topological polar surface area (TPSA) is 72.9 Å². The van der Waals surface area contributed by atoms with Gasteiger partial charge in [-0.2, -0.15) is 0 Å². The molecule has 2 atom stereocenters. The van der Waals surface area contributed by atoms with Gasteiger partial charge in [0.05, 0.1) is 5.37 Å². The molecule has 3 rings (SSSR count). The maximum Gasteiger partial charge on any atom is 0.327 e. The van der Waals surface area contributed by atoms with Crippen LogP contribution in [-0.2, 0) is 4.79 Å². The van der Waals surface area contributed by atoms with Gasteiger partial charge in [-0.25, -0.2) is 9.59 Å². The first-order chi connectivity index (χ1) is 10.2. The molecule has 1 saturated carbocycles. The number of rotatable bonds is 5. The number of carboxylic acids is 1. The van der Waals surface area contributed by atoms with E-state index in [-0.39, 0.29) is 11.4 Å². The Morgan fingerprint density at radius 2 is 1.95 bits per heavy atom. The normalized spacial score (nSPS) is 29.8. The van der Waals surface area contributed by atoms with E-state index in [2.05, 4.69) is 10.2 Å². The van der Waals surface area contributed by atoms with E-state index in [4.69, 9.17) is 0 Å². The number of hydrogen-bond donors (Lipinski definition) is 2. The van der Waals surface area contributed by atoms with Crippen molar-refractivity contribution in [3.05, 3.63) is 0 Å². The number of amides is 2. The van der Waals surface area contributed by atoms with Gasteiger partial charge in [-0.3, -0.25) is 4.90 Å². The van der Waals surface area contributed by atoms with Crippen LogP contribution in [0.1, 0.15) is 25.7 Å². The number of carbonyl (C=O) groups is 2. The first-order valence-electron chi connectivity index (χ1n) is 7.80. The fourth-order valence-corrected chi connectivity index (χ4v) is 4.77. The molecule has 7 heteroatoms. The molecule has 21 heavy (non-hydrogen) atoms. The van der Waals surface area contributed by atoms with E-state index in [1.165, 1.54) is 12.8 Å². The van der Waals surface area contributed by atoms with Crippen molar-refractivity contribution in [2.75, 3.05) is 31.9 Å². The summed E-state index contributed by atoms with van der Waals surface area (Å²) in [6.07, 6.45) is 4.70. The lowest BCUT2D eigenvalue weighted by atomic mass is 10.2. The van der Waals surface area contributed by atoms with E-state index in [1.54, 1.807) is 16.7 Å². The summed E-state index contributed by atoms with van der Waals surface area (Å²) in [4.78, 5) is 27.7. The Kier molecular flexibility index (Phi) is 4.59. The fraction of sp³-hybridized carbons (Fsp3) is 0.857. The highest BCUT2D eigenvalue weighted by molar-refractivity contribution is 8.00. The second-order valence-electron chi connectivity index (χ2n) is 6.10. The van der Waals surface area contributed by atoms with Crippen molar-refractivity contribution in [1.29, 1.82) is 0 Å². The quantitative estimate of drug-likeness (QED) is 0.793. The van der Waals surface area contributed by atoms with Crippen molar-refractivity contribution < 1.29 is 14.7 Å². The molecular formula is C14H23N3O3S. The summed E-state index contributed by atoms with van der Waals surface area (Å²) in [6.45, 7) is 3.68. The van der Waals surface area contributed by atoms with E-state index in [1.807, 2.05) is 0 Å². The molecule has 2 N–H and O–H groups in total. The van der Waals surface area contributed by atoms with Gasteiger partial charge in [-0.1, -0.05) is 0 Å². The largest absolute Gasteiger partial charge is 0.480 e. The van der Waals surface area contributed by atoms with Crippen LogP contribution in [0.25, 0.3) is 0 Å². The van der Waals surface area contributed by atoms with Crippen molar-refractivity contribution in [1.82, 2.24) is 15.1 Å². The van der Waals surface area contributed by atoms with Gasteiger partial charge in [0.1, 0.15) is 6.04 Å². The van der Waals surface area contributed by atoms with Crippen molar-refractivity contribution >= 4 is 23.8 Å². The van der Waals surface area contributed by atoms with Crippen molar-refractivity contribution in [2.45, 2.75) is 37.1 Å². The third kappa shape index (κ3) is 3.45. The molecule has 6 nitrogen and oxygen atoms in total. The summed E-state index contributed by atoms with van der Waals surface area (Å²) < 4.78 is 0. The molecule has 0 aromatic rings. The lowest BCUT2D eigenvalue weighted by molar-refractivity contribution is -0.141. The first-order valence-corrected chi connectivity index (χ1v) is 8.84. The molecule has 2 amide bonds. The number of carboxylic acid groups (broad SMARTS) is 1. The smallest absolute Gasteiger partial charge is 0.327 e. The fourth-order valence-electron chi connectivity index (χ4n) is 3.14. The number of thioether (sulfide) groups is 1. The van der Waals surface area contributed by atoms with Gasteiger partial charge in [0.15, 0.2) is 0 Å². The van der Waals surface area contributed by atoms with Gasteiger partial charge in [-0.05, 0) is 44.7 Å². The average molecular weight is 313 g/mol. The van der Waals surface area contributed by atoms with Crippen LogP contribution >= 0.6 is 11.8 Å². The average Bonchev–Trinajstić information content (AvgIpc) is 3.00. The van der Waals surface area contributed by atoms with E-state index in [9.17, 15) is 14.7 Å². The number of carbonyl (C=O) groups excluding carboxylic acids is 1. The molecule has 0 aromatic carbocycles. The molecule has 0 radical (unpaired) electrons. The molecule has 2 saturated heterocycles. The minimum Gasteiger partial charge on any atom is -0.480 e. The first kappa shape index (κ1) is 15.0. The molecule has 2 unspecified atom stereocenters. The number of aliphatic carboxylic acids is 1. The minimum atomic E-state index is -0.889. The Hall–Kier alpha value is -0.950. The molecule has 0 spiro atoms. The van der Waals surface area contributed by atoms with Gasteiger partial charge in [0, 0.05) is 18.8 Å². The highest BCUT2D eigenvalue weighted by atomic mass is 32.2. The zero-order valence-corrected chi connectivity index (χ0v) is 13.0. The van der Waals surface area contributed by atoms with Crippen LogP contribution in [0.5, 0.6) is 0 Å². The zero-order valence-electron chi connectivity index (χ0n) is 12.2. The molecular weight excluding hydrogens is 290 g/mol. The zero-order chi connectivity index (χ0) is 14.8. The highest BCUT2D eigenvalue weighted by Crippen LogP contribution is 2.45. The van der Waals surface area contributed by atoms with Gasteiger partial charge in [-0.15, -0.1) is 11.8 Å². The second-order valence-corrected chi connectivity index (χ2v) is 7.25. The predicted octanol–water partition coefficient (Wildman–Crippen LogP) is 1.03. The summed E-state index contributed by atoms with van der Waals surface area (Å²) in [6, 6.07) is -0.879. The van der Waals surface area contributed by atoms with E-state index < -0.39 is 12.0 Å². The minimum absolute atomic E-state index is 0.0536. The third-order valence-electron chi connectivity index (χ3n) is 4.48. The van der Waals surface area contributed by atoms with Crippen molar-refractivity contribution in [2.24, 2.45) is 5.92 Å². The summed E-state index contributed by atoms with van der Waals surface area (Å²) in [5.74, 6) is 0.111. The van der Waals surface area contributed by atoms with E-state index in [0.29, 0.717) is 18.2 Å². The molecule has 1 aliphatic carbocycles. The number of nitrogens with one attached hydrogen (secondary N) is 1. The monoisotopic (exact) mass is 313 g/mol. The van der Waals surface area contributed by atoms with Crippen LogP contribution in [-0.4, -0.2) is 70.3 Å². The number of likely N-dealkylation sites (tertiary alicyclic amines) is 1. The summed E-state index contributed by atoms with van der Waals surface area (Å²) in [5, 5.41) is 12.3. The maximum absolute atomic E-state index is 12.4. The molecule has 118 valence electrons. The van der Waals surface area contributed by atoms with Crippen molar-refractivity contribution in [3.8, 4) is 0 Å². The van der Waals surface area contributed by atoms with Crippen LogP contribution < -0.4 is 5.32 Å². The molecule has 3 fully saturated rings. The summed E-state index contributed by atoms with van der Waals surface area (Å²) >= 11 is 1.62.